The van der Waals surface area contributed by atoms with Gasteiger partial charge in [0.15, 0.2) is 6.29 Å². The van der Waals surface area contributed by atoms with Crippen molar-refractivity contribution < 1.29 is 14.9 Å². The summed E-state index contributed by atoms with van der Waals surface area (Å²) in [5.41, 5.74) is 1.03. The summed E-state index contributed by atoms with van der Waals surface area (Å²) in [6.07, 6.45) is -1.12. The predicted molar refractivity (Wildman–Crippen MR) is 83.1 cm³/mol. The zero-order valence-electron chi connectivity index (χ0n) is 12.5. The fraction of sp³-hybridized carbons (Fsp3) is 0.400. The van der Waals surface area contributed by atoms with E-state index in [0.29, 0.717) is 16.5 Å². The molecular formula is C15H22ClNO3. The van der Waals surface area contributed by atoms with Crippen molar-refractivity contribution in [1.29, 1.82) is 0 Å². The first kappa shape index (κ1) is 18.6. The number of aromatic hydroxyl groups is 1. The summed E-state index contributed by atoms with van der Waals surface area (Å²) in [5, 5.41) is 19.7. The Balaban J connectivity index is 0.000000829. The number of phenolic OH excluding ortho intramolecular Hbond substituents is 1. The second-order valence-corrected chi connectivity index (χ2v) is 3.69. The van der Waals surface area contributed by atoms with Crippen LogP contribution in [-0.2, 0) is 4.74 Å². The number of hydrogen-bond donors (Lipinski definition) is 2. The van der Waals surface area contributed by atoms with Crippen molar-refractivity contribution in [3.63, 3.8) is 0 Å². The van der Waals surface area contributed by atoms with E-state index in [9.17, 15) is 10.2 Å². The van der Waals surface area contributed by atoms with Gasteiger partial charge in [-0.25, -0.2) is 4.98 Å². The van der Waals surface area contributed by atoms with Gasteiger partial charge in [-0.05, 0) is 24.3 Å². The van der Waals surface area contributed by atoms with Crippen molar-refractivity contribution in [3.8, 4) is 5.75 Å². The number of halogens is 1. The molecule has 0 saturated heterocycles. The number of aliphatic hydroxyl groups excluding tert-OH is 1. The minimum Gasteiger partial charge on any atom is -0.508 e. The molecule has 0 aliphatic heterocycles. The number of benzene rings is 1. The number of fused-ring (bicyclic) bond motifs is 1. The molecule has 0 radical (unpaired) electrons. The fourth-order valence-corrected chi connectivity index (χ4v) is 1.70. The summed E-state index contributed by atoms with van der Waals surface area (Å²) in [4.78, 5) is 4.10. The Bertz CT molecular complexity index is 532. The smallest absolute Gasteiger partial charge is 0.183 e. The average Bonchev–Trinajstić information content (AvgIpc) is 2.50. The third-order valence-electron chi connectivity index (χ3n) is 2.27. The van der Waals surface area contributed by atoms with Crippen LogP contribution in [0.1, 0.15) is 39.5 Å². The number of aromatic nitrogens is 1. The predicted octanol–water partition coefficient (Wildman–Crippen LogP) is 4.28. The summed E-state index contributed by atoms with van der Waals surface area (Å²) < 4.78 is 4.76. The molecule has 0 fully saturated rings. The molecule has 20 heavy (non-hydrogen) atoms. The lowest BCUT2D eigenvalue weighted by atomic mass is 10.1. The molecule has 0 amide bonds. The molecule has 0 bridgehead atoms. The maximum absolute atomic E-state index is 9.53. The van der Waals surface area contributed by atoms with E-state index in [1.807, 2.05) is 27.7 Å². The lowest BCUT2D eigenvalue weighted by Gasteiger charge is -2.11. The number of methoxy groups -OCH3 is 1. The lowest BCUT2D eigenvalue weighted by molar-refractivity contribution is -0.0769. The molecule has 1 heterocycles. The molecule has 2 rings (SSSR count). The van der Waals surface area contributed by atoms with E-state index in [0.717, 1.165) is 0 Å². The minimum absolute atomic E-state index is 0.134. The Morgan fingerprint density at radius 1 is 1.15 bits per heavy atom. The van der Waals surface area contributed by atoms with E-state index in [4.69, 9.17) is 16.3 Å². The van der Waals surface area contributed by atoms with Crippen LogP contribution in [-0.4, -0.2) is 22.3 Å². The van der Waals surface area contributed by atoms with E-state index in [1.165, 1.54) is 13.2 Å². The zero-order chi connectivity index (χ0) is 15.7. The topological polar surface area (TPSA) is 62.6 Å². The monoisotopic (exact) mass is 299 g/mol. The summed E-state index contributed by atoms with van der Waals surface area (Å²) in [7, 11) is 1.37. The van der Waals surface area contributed by atoms with E-state index in [2.05, 4.69) is 4.98 Å². The van der Waals surface area contributed by atoms with Crippen LogP contribution in [0.25, 0.3) is 10.9 Å². The largest absolute Gasteiger partial charge is 0.508 e. The van der Waals surface area contributed by atoms with Gasteiger partial charge in [0.25, 0.3) is 0 Å². The molecule has 1 aromatic heterocycles. The number of pyridine rings is 1. The summed E-state index contributed by atoms with van der Waals surface area (Å²) in [6, 6.07) is 6.36. The molecule has 1 atom stereocenters. The Labute approximate surface area is 125 Å². The van der Waals surface area contributed by atoms with Crippen LogP contribution in [0.2, 0.25) is 5.15 Å². The summed E-state index contributed by atoms with van der Waals surface area (Å²) >= 11 is 5.90. The molecule has 0 spiro atoms. The Hall–Kier alpha value is -1.36. The number of nitrogens with zero attached hydrogens (tertiary/aromatic N) is 1. The third kappa shape index (κ3) is 4.63. The molecule has 1 unspecified atom stereocenters. The normalized spacial score (nSPS) is 10.9. The van der Waals surface area contributed by atoms with Crippen molar-refractivity contribution in [3.05, 3.63) is 35.0 Å². The second-order valence-electron chi connectivity index (χ2n) is 3.33. The van der Waals surface area contributed by atoms with E-state index >= 15 is 0 Å². The number of ether oxygens (including phenoxy) is 1. The van der Waals surface area contributed by atoms with Crippen LogP contribution in [0.3, 0.4) is 0 Å². The van der Waals surface area contributed by atoms with Gasteiger partial charge >= 0.3 is 0 Å². The summed E-state index contributed by atoms with van der Waals surface area (Å²) in [6.45, 7) is 8.00. The van der Waals surface area contributed by atoms with Gasteiger partial charge in [0, 0.05) is 18.1 Å². The van der Waals surface area contributed by atoms with Crippen molar-refractivity contribution in [2.24, 2.45) is 0 Å². The number of rotatable bonds is 2. The van der Waals surface area contributed by atoms with Crippen LogP contribution in [0.4, 0.5) is 0 Å². The first-order chi connectivity index (χ1) is 9.61. The highest BCUT2D eigenvalue weighted by Crippen LogP contribution is 2.27. The highest BCUT2D eigenvalue weighted by atomic mass is 35.5. The van der Waals surface area contributed by atoms with E-state index < -0.39 is 6.29 Å². The Kier molecular flexibility index (Phi) is 8.88. The van der Waals surface area contributed by atoms with Crippen molar-refractivity contribution in [2.45, 2.75) is 34.0 Å². The van der Waals surface area contributed by atoms with E-state index in [1.54, 1.807) is 18.2 Å². The molecule has 0 aliphatic rings. The molecular weight excluding hydrogens is 278 g/mol. The SMILES string of the molecule is CC.CC.COC(O)c1cc2cc(O)ccc2nc1Cl. The van der Waals surface area contributed by atoms with Gasteiger partial charge < -0.3 is 14.9 Å². The van der Waals surface area contributed by atoms with Gasteiger partial charge in [-0.1, -0.05) is 39.3 Å². The molecule has 4 nitrogen and oxygen atoms in total. The maximum atomic E-state index is 9.53. The molecule has 5 heteroatoms. The van der Waals surface area contributed by atoms with Crippen molar-refractivity contribution >= 4 is 22.5 Å². The fourth-order valence-electron chi connectivity index (χ4n) is 1.46. The van der Waals surface area contributed by atoms with Crippen molar-refractivity contribution in [2.75, 3.05) is 7.11 Å². The zero-order valence-corrected chi connectivity index (χ0v) is 13.3. The van der Waals surface area contributed by atoms with Gasteiger partial charge in [0.05, 0.1) is 5.52 Å². The third-order valence-corrected chi connectivity index (χ3v) is 2.57. The van der Waals surface area contributed by atoms with Gasteiger partial charge in [0.1, 0.15) is 10.9 Å². The van der Waals surface area contributed by atoms with Crippen LogP contribution in [0, 0.1) is 0 Å². The first-order valence-electron chi connectivity index (χ1n) is 6.62. The van der Waals surface area contributed by atoms with Gasteiger partial charge in [-0.15, -0.1) is 0 Å². The van der Waals surface area contributed by atoms with Gasteiger partial charge in [0.2, 0.25) is 0 Å². The van der Waals surface area contributed by atoms with Crippen LogP contribution >= 0.6 is 11.6 Å². The quantitative estimate of drug-likeness (QED) is 0.641. The minimum atomic E-state index is -1.12. The summed E-state index contributed by atoms with van der Waals surface area (Å²) in [5.74, 6) is 0.134. The van der Waals surface area contributed by atoms with Crippen molar-refractivity contribution in [1.82, 2.24) is 4.98 Å². The molecule has 1 aromatic carbocycles. The molecule has 112 valence electrons. The average molecular weight is 300 g/mol. The van der Waals surface area contributed by atoms with Crippen LogP contribution in [0.5, 0.6) is 5.75 Å². The molecule has 2 N–H and O–H groups in total. The Morgan fingerprint density at radius 3 is 2.30 bits per heavy atom. The number of phenols is 1. The van der Waals surface area contributed by atoms with Gasteiger partial charge in [-0.3, -0.25) is 0 Å². The number of hydrogen-bond acceptors (Lipinski definition) is 4. The standard InChI is InChI=1S/C11H10ClNO3.2C2H6/c1-16-11(15)8-5-6-4-7(14)2-3-9(6)13-10(8)12;2*1-2/h2-5,11,14-15H,1H3;2*1-2H3. The highest BCUT2D eigenvalue weighted by molar-refractivity contribution is 6.30. The molecule has 0 aliphatic carbocycles. The molecule has 2 aromatic rings. The number of aliphatic hydroxyl groups is 1. The maximum Gasteiger partial charge on any atom is 0.183 e. The van der Waals surface area contributed by atoms with Crippen LogP contribution in [0.15, 0.2) is 24.3 Å². The second kappa shape index (κ2) is 9.53. The lowest BCUT2D eigenvalue weighted by Crippen LogP contribution is -2.01. The first-order valence-corrected chi connectivity index (χ1v) is 6.99. The van der Waals surface area contributed by atoms with E-state index in [-0.39, 0.29) is 10.9 Å². The van der Waals surface area contributed by atoms with Crippen LogP contribution < -0.4 is 0 Å². The molecule has 0 saturated carbocycles. The van der Waals surface area contributed by atoms with Gasteiger partial charge in [-0.2, -0.15) is 0 Å². The Morgan fingerprint density at radius 2 is 1.75 bits per heavy atom. The highest BCUT2D eigenvalue weighted by Gasteiger charge is 2.13.